The molecule has 3 rings (SSSR count). The van der Waals surface area contributed by atoms with Crippen LogP contribution in [0, 0.1) is 12.7 Å². The minimum Gasteiger partial charge on any atom is -0.391 e. The summed E-state index contributed by atoms with van der Waals surface area (Å²) in [6.07, 6.45) is -0.876. The van der Waals surface area contributed by atoms with E-state index < -0.39 is 21.9 Å². The number of aryl methyl sites for hydroxylation is 1. The molecule has 138 valence electrons. The van der Waals surface area contributed by atoms with Crippen molar-refractivity contribution in [2.24, 2.45) is 0 Å². The molecule has 2 N–H and O–H groups in total. The van der Waals surface area contributed by atoms with Gasteiger partial charge in [-0.2, -0.15) is 0 Å². The van der Waals surface area contributed by atoms with Gasteiger partial charge in [0, 0.05) is 22.5 Å². The van der Waals surface area contributed by atoms with Gasteiger partial charge in [-0.1, -0.05) is 43.3 Å². The summed E-state index contributed by atoms with van der Waals surface area (Å²) in [5, 5.41) is 10.7. The molecule has 1 heterocycles. The van der Waals surface area contributed by atoms with Crippen molar-refractivity contribution in [1.29, 1.82) is 0 Å². The molecule has 7 heteroatoms. The van der Waals surface area contributed by atoms with Crippen LogP contribution in [0.4, 0.5) is 4.39 Å². The van der Waals surface area contributed by atoms with Crippen LogP contribution >= 0.6 is 11.3 Å². The minimum absolute atomic E-state index is 0.0807. The second kappa shape index (κ2) is 7.44. The van der Waals surface area contributed by atoms with Gasteiger partial charge in [0.2, 0.25) is 10.0 Å². The average molecular weight is 394 g/mol. The van der Waals surface area contributed by atoms with E-state index in [9.17, 15) is 17.9 Å². The summed E-state index contributed by atoms with van der Waals surface area (Å²) in [6, 6.07) is 14.0. The number of sulfonamides is 1. The lowest BCUT2D eigenvalue weighted by atomic mass is 9.96. The van der Waals surface area contributed by atoms with Gasteiger partial charge >= 0.3 is 0 Å². The van der Waals surface area contributed by atoms with Crippen molar-refractivity contribution in [3.63, 3.8) is 0 Å². The lowest BCUT2D eigenvalue weighted by Crippen LogP contribution is -2.34. The smallest absolute Gasteiger partial charge is 0.250 e. The zero-order valence-electron chi connectivity index (χ0n) is 14.4. The highest BCUT2D eigenvalue weighted by Gasteiger charge is 2.25. The van der Waals surface area contributed by atoms with Gasteiger partial charge in [0.05, 0.1) is 6.10 Å². The fraction of sp³-hybridized carbons (Fsp3) is 0.263. The Bertz CT molecular complexity index is 1020. The molecule has 3 aromatic rings. The first-order chi connectivity index (χ1) is 12.3. The molecular weight excluding hydrogens is 373 g/mol. The van der Waals surface area contributed by atoms with Crippen LogP contribution in [0.3, 0.4) is 0 Å². The Morgan fingerprint density at radius 2 is 1.85 bits per heavy atom. The van der Waals surface area contributed by atoms with Crippen molar-refractivity contribution in [3.8, 4) is 0 Å². The van der Waals surface area contributed by atoms with E-state index in [1.54, 1.807) is 19.1 Å². The van der Waals surface area contributed by atoms with Gasteiger partial charge in [-0.05, 0) is 30.2 Å². The molecule has 2 atom stereocenters. The SMILES string of the molecule is Cc1c(S(=O)(=O)NCC(O)C(C)c2ccccc2)sc2cccc(F)c12. The maximum atomic E-state index is 14.0. The van der Waals surface area contributed by atoms with Gasteiger partial charge in [0.25, 0.3) is 0 Å². The fourth-order valence-corrected chi connectivity index (χ4v) is 5.77. The molecule has 0 aliphatic heterocycles. The van der Waals surface area contributed by atoms with Crippen LogP contribution in [0.2, 0.25) is 0 Å². The van der Waals surface area contributed by atoms with Crippen LogP contribution in [-0.4, -0.2) is 26.2 Å². The van der Waals surface area contributed by atoms with Crippen molar-refractivity contribution in [2.75, 3.05) is 6.54 Å². The Hall–Kier alpha value is -1.80. The van der Waals surface area contributed by atoms with E-state index in [0.29, 0.717) is 15.6 Å². The van der Waals surface area contributed by atoms with E-state index in [4.69, 9.17) is 0 Å². The molecule has 1 aromatic heterocycles. The first-order valence-corrected chi connectivity index (χ1v) is 10.5. The van der Waals surface area contributed by atoms with Crippen LogP contribution in [0.5, 0.6) is 0 Å². The molecule has 0 aliphatic carbocycles. The maximum absolute atomic E-state index is 14.0. The van der Waals surface area contributed by atoms with E-state index in [1.165, 1.54) is 6.07 Å². The van der Waals surface area contributed by atoms with Crippen molar-refractivity contribution >= 4 is 31.4 Å². The van der Waals surface area contributed by atoms with Gasteiger partial charge < -0.3 is 5.11 Å². The molecule has 0 spiro atoms. The highest BCUT2D eigenvalue weighted by Crippen LogP contribution is 2.35. The van der Waals surface area contributed by atoms with E-state index in [2.05, 4.69) is 4.72 Å². The summed E-state index contributed by atoms with van der Waals surface area (Å²) >= 11 is 1.03. The quantitative estimate of drug-likeness (QED) is 0.670. The lowest BCUT2D eigenvalue weighted by Gasteiger charge is -2.19. The monoisotopic (exact) mass is 393 g/mol. The number of fused-ring (bicyclic) bond motifs is 1. The topological polar surface area (TPSA) is 66.4 Å². The third-order valence-electron chi connectivity index (χ3n) is 4.49. The minimum atomic E-state index is -3.84. The van der Waals surface area contributed by atoms with Gasteiger partial charge in [0.1, 0.15) is 10.0 Å². The van der Waals surface area contributed by atoms with Crippen molar-refractivity contribution in [2.45, 2.75) is 30.1 Å². The van der Waals surface area contributed by atoms with Gasteiger partial charge in [-0.15, -0.1) is 11.3 Å². The van der Waals surface area contributed by atoms with E-state index >= 15 is 0 Å². The molecule has 2 unspecified atom stereocenters. The van der Waals surface area contributed by atoms with E-state index in [0.717, 1.165) is 16.9 Å². The number of thiophene rings is 1. The number of halogens is 1. The summed E-state index contributed by atoms with van der Waals surface area (Å²) in [7, 11) is -3.84. The highest BCUT2D eigenvalue weighted by atomic mass is 32.2. The molecule has 26 heavy (non-hydrogen) atoms. The number of aliphatic hydroxyl groups is 1. The van der Waals surface area contributed by atoms with Gasteiger partial charge in [-0.25, -0.2) is 17.5 Å². The zero-order chi connectivity index (χ0) is 18.9. The summed E-state index contributed by atoms with van der Waals surface area (Å²) in [5.41, 5.74) is 1.32. The second-order valence-electron chi connectivity index (χ2n) is 6.25. The summed E-state index contributed by atoms with van der Waals surface area (Å²) in [6.45, 7) is 3.32. The van der Waals surface area contributed by atoms with Crippen LogP contribution < -0.4 is 4.72 Å². The van der Waals surface area contributed by atoms with Crippen LogP contribution in [0.25, 0.3) is 10.1 Å². The molecule has 0 aliphatic rings. The molecule has 0 radical (unpaired) electrons. The molecule has 0 saturated carbocycles. The number of hydrogen-bond donors (Lipinski definition) is 2. The summed E-state index contributed by atoms with van der Waals surface area (Å²) in [4.78, 5) is 0. The summed E-state index contributed by atoms with van der Waals surface area (Å²) in [5.74, 6) is -0.657. The molecular formula is C19H20FNO3S2. The largest absolute Gasteiger partial charge is 0.391 e. The van der Waals surface area contributed by atoms with Crippen LogP contribution in [-0.2, 0) is 10.0 Å². The number of nitrogens with one attached hydrogen (secondary N) is 1. The third kappa shape index (κ3) is 3.66. The van der Waals surface area contributed by atoms with Gasteiger partial charge in [0.15, 0.2) is 0 Å². The molecule has 0 fully saturated rings. The van der Waals surface area contributed by atoms with Crippen molar-refractivity contribution in [1.82, 2.24) is 4.72 Å². The molecule has 0 amide bonds. The molecule has 0 saturated heterocycles. The normalized spacial score (nSPS) is 14.5. The zero-order valence-corrected chi connectivity index (χ0v) is 16.1. The number of hydrogen-bond acceptors (Lipinski definition) is 4. The molecule has 0 bridgehead atoms. The Morgan fingerprint density at radius 1 is 1.15 bits per heavy atom. The first kappa shape index (κ1) is 19.0. The molecule has 4 nitrogen and oxygen atoms in total. The van der Waals surface area contributed by atoms with Crippen molar-refractivity contribution < 1.29 is 17.9 Å². The highest BCUT2D eigenvalue weighted by molar-refractivity contribution is 7.91. The standard InChI is InChI=1S/C19H20FNO3S2/c1-12(14-7-4-3-5-8-14)16(22)11-21-26(23,24)19-13(2)18-15(20)9-6-10-17(18)25-19/h3-10,12,16,21-22H,11H2,1-2H3. The second-order valence-corrected chi connectivity index (χ2v) is 9.26. The lowest BCUT2D eigenvalue weighted by molar-refractivity contribution is 0.153. The molecule has 2 aromatic carbocycles. The Morgan fingerprint density at radius 3 is 2.50 bits per heavy atom. The Kier molecular flexibility index (Phi) is 5.43. The maximum Gasteiger partial charge on any atom is 0.250 e. The summed E-state index contributed by atoms with van der Waals surface area (Å²) < 4.78 is 42.5. The van der Waals surface area contributed by atoms with Crippen LogP contribution in [0.15, 0.2) is 52.7 Å². The van der Waals surface area contributed by atoms with Crippen LogP contribution in [0.1, 0.15) is 24.0 Å². The predicted octanol–water partition coefficient (Wildman–Crippen LogP) is 3.79. The predicted molar refractivity (Wildman–Crippen MR) is 103 cm³/mol. The Labute approximate surface area is 156 Å². The number of benzene rings is 2. The first-order valence-electron chi connectivity index (χ1n) is 8.21. The number of aliphatic hydroxyl groups excluding tert-OH is 1. The third-order valence-corrected chi connectivity index (χ3v) is 7.79. The fourth-order valence-electron chi connectivity index (χ4n) is 2.90. The van der Waals surface area contributed by atoms with E-state index in [-0.39, 0.29) is 16.7 Å². The van der Waals surface area contributed by atoms with Gasteiger partial charge in [-0.3, -0.25) is 0 Å². The average Bonchev–Trinajstić information content (AvgIpc) is 2.99. The number of rotatable bonds is 6. The van der Waals surface area contributed by atoms with Crippen molar-refractivity contribution in [3.05, 3.63) is 65.5 Å². The Balaban J connectivity index is 1.79. The van der Waals surface area contributed by atoms with E-state index in [1.807, 2.05) is 37.3 Å².